The van der Waals surface area contributed by atoms with E-state index in [0.29, 0.717) is 11.1 Å². The molecule has 0 aromatic heterocycles. The number of amides is 3. The van der Waals surface area contributed by atoms with E-state index < -0.39 is 35.2 Å². The summed E-state index contributed by atoms with van der Waals surface area (Å²) in [6.45, 7) is 18.3. The number of hydrogen-bond donors (Lipinski definition) is 3. The molecule has 0 heterocycles. The summed E-state index contributed by atoms with van der Waals surface area (Å²) in [5.41, 5.74) is 0.555. The third-order valence-corrected chi connectivity index (χ3v) is 5.72. The summed E-state index contributed by atoms with van der Waals surface area (Å²) >= 11 is 0. The molecule has 0 aliphatic rings. The summed E-state index contributed by atoms with van der Waals surface area (Å²) in [4.78, 5) is 42.5. The number of alkyl carbamates (subject to hydrolysis) is 1. The molecular formula is C31H43N3O5. The van der Waals surface area contributed by atoms with Crippen LogP contribution in [0.4, 0.5) is 4.79 Å². The van der Waals surface area contributed by atoms with Crippen molar-refractivity contribution >= 4 is 24.0 Å². The largest absolute Gasteiger partial charge is 0.508 e. The van der Waals surface area contributed by atoms with Gasteiger partial charge in [0.05, 0.1) is 0 Å². The predicted octanol–water partition coefficient (Wildman–Crippen LogP) is 5.36. The Morgan fingerprint density at radius 2 is 1.62 bits per heavy atom. The molecule has 0 bridgehead atoms. The molecule has 212 valence electrons. The highest BCUT2D eigenvalue weighted by Crippen LogP contribution is 2.31. The van der Waals surface area contributed by atoms with Crippen molar-refractivity contribution in [2.75, 3.05) is 0 Å². The lowest BCUT2D eigenvalue weighted by atomic mass is 9.93. The van der Waals surface area contributed by atoms with Crippen LogP contribution >= 0.6 is 0 Å². The van der Waals surface area contributed by atoms with Crippen LogP contribution in [0.2, 0.25) is 0 Å². The van der Waals surface area contributed by atoms with Crippen molar-refractivity contribution in [1.29, 1.82) is 0 Å². The summed E-state index contributed by atoms with van der Waals surface area (Å²) < 4.78 is 5.46. The van der Waals surface area contributed by atoms with E-state index in [9.17, 15) is 19.5 Å². The van der Waals surface area contributed by atoms with Crippen molar-refractivity contribution in [3.8, 4) is 5.75 Å². The van der Waals surface area contributed by atoms with Crippen LogP contribution in [0.15, 0.2) is 55.1 Å². The monoisotopic (exact) mass is 537 g/mol. The van der Waals surface area contributed by atoms with Gasteiger partial charge in [-0.1, -0.05) is 43.0 Å². The number of phenols is 1. The van der Waals surface area contributed by atoms with Crippen molar-refractivity contribution < 1.29 is 24.2 Å². The van der Waals surface area contributed by atoms with Crippen molar-refractivity contribution in [2.45, 2.75) is 91.1 Å². The summed E-state index contributed by atoms with van der Waals surface area (Å²) in [6, 6.07) is 11.5. The molecule has 0 aliphatic carbocycles. The Labute approximate surface area is 232 Å². The van der Waals surface area contributed by atoms with E-state index >= 15 is 0 Å². The number of carbonyl (C=O) groups is 3. The molecule has 8 heteroatoms. The highest BCUT2D eigenvalue weighted by atomic mass is 16.6. The minimum absolute atomic E-state index is 0.0885. The summed E-state index contributed by atoms with van der Waals surface area (Å²) in [7, 11) is 0. The fraction of sp³-hybridized carbons (Fsp3) is 0.452. The number of aromatic hydroxyl groups is 1. The van der Waals surface area contributed by atoms with E-state index in [-0.39, 0.29) is 24.1 Å². The molecule has 2 atom stereocenters. The first kappa shape index (κ1) is 31.4. The summed E-state index contributed by atoms with van der Waals surface area (Å²) in [6.07, 6.45) is 1.06. The quantitative estimate of drug-likeness (QED) is 0.399. The zero-order chi connectivity index (χ0) is 29.5. The molecule has 0 fully saturated rings. The van der Waals surface area contributed by atoms with Gasteiger partial charge in [0.15, 0.2) is 0 Å². The van der Waals surface area contributed by atoms with E-state index in [1.807, 2.05) is 52.8 Å². The third-order valence-electron chi connectivity index (χ3n) is 5.72. The number of nitrogens with one attached hydrogen (secondary N) is 2. The van der Waals surface area contributed by atoms with Gasteiger partial charge in [-0.15, -0.1) is 0 Å². The van der Waals surface area contributed by atoms with Crippen LogP contribution in [0.3, 0.4) is 0 Å². The molecule has 0 spiro atoms. The van der Waals surface area contributed by atoms with Gasteiger partial charge >= 0.3 is 6.09 Å². The van der Waals surface area contributed by atoms with Crippen LogP contribution in [0.1, 0.15) is 78.1 Å². The van der Waals surface area contributed by atoms with E-state index in [0.717, 1.165) is 5.56 Å². The van der Waals surface area contributed by atoms with Gasteiger partial charge in [-0.2, -0.15) is 0 Å². The molecule has 0 saturated carbocycles. The number of ether oxygens (including phenoxy) is 1. The van der Waals surface area contributed by atoms with Gasteiger partial charge in [-0.3, -0.25) is 9.59 Å². The Kier molecular flexibility index (Phi) is 10.3. The Balaban J connectivity index is 2.64. The van der Waals surface area contributed by atoms with Gasteiger partial charge in [0.2, 0.25) is 11.8 Å². The number of nitrogens with zero attached hydrogens (tertiary/aromatic N) is 1. The van der Waals surface area contributed by atoms with Crippen molar-refractivity contribution in [1.82, 2.24) is 15.5 Å². The molecule has 2 unspecified atom stereocenters. The number of hydrogen-bond acceptors (Lipinski definition) is 5. The molecule has 3 amide bonds. The Hall–Kier alpha value is -3.81. The Bertz CT molecular complexity index is 1160. The molecular weight excluding hydrogens is 494 g/mol. The first-order valence-corrected chi connectivity index (χ1v) is 13.1. The topological polar surface area (TPSA) is 108 Å². The first-order chi connectivity index (χ1) is 18.0. The predicted molar refractivity (Wildman–Crippen MR) is 154 cm³/mol. The second-order valence-corrected chi connectivity index (χ2v) is 11.9. The maximum Gasteiger partial charge on any atom is 0.408 e. The minimum atomic E-state index is -1.06. The maximum atomic E-state index is 14.4. The van der Waals surface area contributed by atoms with Gasteiger partial charge in [0, 0.05) is 18.0 Å². The van der Waals surface area contributed by atoms with Gasteiger partial charge in [0.25, 0.3) is 0 Å². The van der Waals surface area contributed by atoms with Gasteiger partial charge in [-0.25, -0.2) is 4.79 Å². The molecule has 3 N–H and O–H groups in total. The number of rotatable bonds is 9. The van der Waals surface area contributed by atoms with Crippen molar-refractivity contribution in [2.24, 2.45) is 0 Å². The number of benzene rings is 2. The Morgan fingerprint density at radius 1 is 1.00 bits per heavy atom. The summed E-state index contributed by atoms with van der Waals surface area (Å²) in [5.74, 6) is -0.699. The van der Waals surface area contributed by atoms with Gasteiger partial charge in [0.1, 0.15) is 23.4 Å². The Morgan fingerprint density at radius 3 is 2.13 bits per heavy atom. The van der Waals surface area contributed by atoms with Gasteiger partial charge in [-0.05, 0) is 90.3 Å². The van der Waals surface area contributed by atoms with Crippen molar-refractivity contribution in [3.63, 3.8) is 0 Å². The zero-order valence-electron chi connectivity index (χ0n) is 24.4. The number of carbonyl (C=O) groups excluding carboxylic acids is 3. The molecule has 0 aliphatic heterocycles. The average Bonchev–Trinajstić information content (AvgIpc) is 2.80. The fourth-order valence-electron chi connectivity index (χ4n) is 4.17. The third kappa shape index (κ3) is 9.46. The molecule has 2 aromatic rings. The van der Waals surface area contributed by atoms with Crippen LogP contribution in [-0.2, 0) is 20.7 Å². The van der Waals surface area contributed by atoms with Crippen LogP contribution in [-0.4, -0.2) is 51.1 Å². The minimum Gasteiger partial charge on any atom is -0.508 e. The number of phenolic OH excluding ortho intramolecular Hbond substituents is 1. The van der Waals surface area contributed by atoms with E-state index in [2.05, 4.69) is 17.2 Å². The summed E-state index contributed by atoms with van der Waals surface area (Å²) in [5, 5.41) is 15.4. The van der Waals surface area contributed by atoms with E-state index in [1.54, 1.807) is 45.0 Å². The lowest BCUT2D eigenvalue weighted by Crippen LogP contribution is -2.59. The highest BCUT2D eigenvalue weighted by molar-refractivity contribution is 5.93. The second-order valence-electron chi connectivity index (χ2n) is 11.9. The van der Waals surface area contributed by atoms with Crippen LogP contribution < -0.4 is 10.6 Å². The van der Waals surface area contributed by atoms with E-state index in [1.165, 1.54) is 17.0 Å². The zero-order valence-corrected chi connectivity index (χ0v) is 24.4. The molecule has 8 nitrogen and oxygen atoms in total. The normalized spacial score (nSPS) is 13.3. The maximum absolute atomic E-state index is 14.4. The first-order valence-electron chi connectivity index (χ1n) is 13.1. The fourth-order valence-corrected chi connectivity index (χ4v) is 4.17. The molecule has 2 rings (SSSR count). The van der Waals surface area contributed by atoms with Crippen molar-refractivity contribution in [3.05, 3.63) is 71.8 Å². The second kappa shape index (κ2) is 12.8. The lowest BCUT2D eigenvalue weighted by molar-refractivity contribution is -0.148. The SMILES string of the molecule is C=Cc1cccc(C(C(=O)NC(C)C)N(C(=O)C(Cc2ccc(O)cc2)NC(=O)OC(C)(C)C)C(C)(C)C)c1. The van der Waals surface area contributed by atoms with Crippen LogP contribution in [0.5, 0.6) is 5.75 Å². The van der Waals surface area contributed by atoms with E-state index in [4.69, 9.17) is 4.74 Å². The van der Waals surface area contributed by atoms with Gasteiger partial charge < -0.3 is 25.4 Å². The molecule has 39 heavy (non-hydrogen) atoms. The smallest absolute Gasteiger partial charge is 0.408 e. The standard InChI is InChI=1S/C31H43N3O5/c1-10-21-12-11-13-23(18-21)26(27(36)32-20(2)3)34(30(4,5)6)28(37)25(33-29(38)39-31(7,8)9)19-22-14-16-24(35)17-15-22/h10-18,20,25-26,35H,1,19H2,2-9H3,(H,32,36)(H,33,38). The molecule has 2 aromatic carbocycles. The van der Waals surface area contributed by atoms with Crippen LogP contribution in [0, 0.1) is 0 Å². The average molecular weight is 538 g/mol. The molecule has 0 saturated heterocycles. The highest BCUT2D eigenvalue weighted by Gasteiger charge is 2.42. The lowest BCUT2D eigenvalue weighted by Gasteiger charge is -2.43. The van der Waals surface area contributed by atoms with Crippen LogP contribution in [0.25, 0.3) is 6.08 Å². The molecule has 0 radical (unpaired) electrons.